The molecule has 3 aromatic rings. The number of carbonyl (C=O) groups is 1. The van der Waals surface area contributed by atoms with Crippen molar-refractivity contribution < 1.29 is 22.3 Å². The van der Waals surface area contributed by atoms with Gasteiger partial charge in [-0.05, 0) is 50.5 Å². The minimum atomic E-state index is -3.87. The highest BCUT2D eigenvalue weighted by molar-refractivity contribution is 7.92. The monoisotopic (exact) mass is 451 g/mol. The summed E-state index contributed by atoms with van der Waals surface area (Å²) in [6, 6.07) is 10.4. The summed E-state index contributed by atoms with van der Waals surface area (Å²) in [7, 11) is 1.29. The summed E-state index contributed by atoms with van der Waals surface area (Å²) in [5.41, 5.74) is 0.165. The number of hydrogen-bond acceptors (Lipinski definition) is 7. The van der Waals surface area contributed by atoms with E-state index >= 15 is 0 Å². The van der Waals surface area contributed by atoms with E-state index in [0.717, 1.165) is 11.3 Å². The lowest BCUT2D eigenvalue weighted by atomic mass is 10.3. The van der Waals surface area contributed by atoms with Crippen LogP contribution in [-0.2, 0) is 14.6 Å². The molecule has 0 aliphatic rings. The van der Waals surface area contributed by atoms with Gasteiger partial charge in [0.25, 0.3) is 0 Å². The molecule has 0 saturated heterocycles. The lowest BCUT2D eigenvalue weighted by Gasteiger charge is -2.22. The van der Waals surface area contributed by atoms with E-state index in [1.807, 2.05) is 19.0 Å². The first-order valence-corrected chi connectivity index (χ1v) is 11.5. The number of aromatic nitrogens is 1. The van der Waals surface area contributed by atoms with Gasteiger partial charge in [0.2, 0.25) is 5.91 Å². The lowest BCUT2D eigenvalue weighted by Crippen LogP contribution is -2.40. The van der Waals surface area contributed by atoms with Gasteiger partial charge in [-0.3, -0.25) is 9.69 Å². The topological polar surface area (TPSA) is 79.8 Å². The van der Waals surface area contributed by atoms with Gasteiger partial charge in [0.05, 0.1) is 16.7 Å². The first kappa shape index (κ1) is 22.1. The van der Waals surface area contributed by atoms with Gasteiger partial charge in [-0.2, -0.15) is 0 Å². The maximum Gasteiger partial charge on any atom is 0.244 e. The van der Waals surface area contributed by atoms with Crippen LogP contribution in [0.15, 0.2) is 47.4 Å². The zero-order valence-corrected chi connectivity index (χ0v) is 18.5. The number of rotatable bonds is 8. The highest BCUT2D eigenvalue weighted by Gasteiger charge is 2.27. The molecule has 0 aliphatic carbocycles. The smallest absolute Gasteiger partial charge is 0.244 e. The summed E-state index contributed by atoms with van der Waals surface area (Å²) in [6.07, 6.45) is 0. The molecular formula is C20H22FN3O4S2. The number of benzene rings is 2. The van der Waals surface area contributed by atoms with Gasteiger partial charge >= 0.3 is 0 Å². The normalized spacial score (nSPS) is 11.8. The van der Waals surface area contributed by atoms with Crippen molar-refractivity contribution in [2.24, 2.45) is 0 Å². The third kappa shape index (κ3) is 4.94. The molecule has 0 saturated carbocycles. The van der Waals surface area contributed by atoms with Crippen molar-refractivity contribution in [3.05, 3.63) is 48.3 Å². The molecule has 3 rings (SSSR count). The molecule has 0 fully saturated rings. The number of anilines is 1. The molecule has 0 spiro atoms. The van der Waals surface area contributed by atoms with Gasteiger partial charge in [-0.1, -0.05) is 17.4 Å². The number of thiazole rings is 1. The first-order valence-electron chi connectivity index (χ1n) is 9.08. The molecule has 0 N–H and O–H groups in total. The van der Waals surface area contributed by atoms with Gasteiger partial charge < -0.3 is 9.64 Å². The maximum absolute atomic E-state index is 14.1. The van der Waals surface area contributed by atoms with E-state index in [0.29, 0.717) is 17.0 Å². The molecule has 0 unspecified atom stereocenters. The molecule has 0 aliphatic heterocycles. The van der Waals surface area contributed by atoms with Gasteiger partial charge in [-0.25, -0.2) is 17.8 Å². The molecule has 0 radical (unpaired) electrons. The fourth-order valence-corrected chi connectivity index (χ4v) is 4.97. The minimum absolute atomic E-state index is 0.0274. The number of halogens is 1. The second-order valence-electron chi connectivity index (χ2n) is 6.87. The molecular weight excluding hydrogens is 429 g/mol. The summed E-state index contributed by atoms with van der Waals surface area (Å²) >= 11 is 1.15. The van der Waals surface area contributed by atoms with E-state index in [-0.39, 0.29) is 22.1 Å². The number of ether oxygens (including phenoxy) is 1. The summed E-state index contributed by atoms with van der Waals surface area (Å²) in [4.78, 5) is 20.5. The fourth-order valence-electron chi connectivity index (χ4n) is 2.75. The van der Waals surface area contributed by atoms with E-state index in [2.05, 4.69) is 4.98 Å². The SMILES string of the molecule is COc1ccc(S(=O)(=O)CC(=O)N(CCN(C)C)c2nc3c(F)cccc3s2)cc1. The molecule has 2 aromatic carbocycles. The van der Waals surface area contributed by atoms with Crippen LogP contribution in [0.25, 0.3) is 10.2 Å². The van der Waals surface area contributed by atoms with Crippen LogP contribution in [0.5, 0.6) is 5.75 Å². The number of nitrogens with zero attached hydrogens (tertiary/aromatic N) is 3. The number of sulfone groups is 1. The molecule has 1 aromatic heterocycles. The number of carbonyl (C=O) groups excluding carboxylic acids is 1. The summed E-state index contributed by atoms with van der Waals surface area (Å²) < 4.78 is 45.2. The minimum Gasteiger partial charge on any atom is -0.497 e. The van der Waals surface area contributed by atoms with Gasteiger partial charge in [0.1, 0.15) is 22.8 Å². The Balaban J connectivity index is 1.90. The zero-order chi connectivity index (χ0) is 21.9. The molecule has 0 atom stereocenters. The van der Waals surface area contributed by atoms with Crippen LogP contribution in [0, 0.1) is 5.82 Å². The Morgan fingerprint density at radius 2 is 1.83 bits per heavy atom. The van der Waals surface area contributed by atoms with Gasteiger partial charge in [0, 0.05) is 13.1 Å². The van der Waals surface area contributed by atoms with Crippen LogP contribution in [0.2, 0.25) is 0 Å². The Morgan fingerprint density at radius 3 is 2.43 bits per heavy atom. The average molecular weight is 452 g/mol. The van der Waals surface area contributed by atoms with Crippen molar-refractivity contribution >= 4 is 42.4 Å². The third-order valence-corrected chi connectivity index (χ3v) is 7.05. The number of methoxy groups -OCH3 is 1. The van der Waals surface area contributed by atoms with Gasteiger partial charge in [0.15, 0.2) is 15.0 Å². The first-order chi connectivity index (χ1) is 14.2. The second-order valence-corrected chi connectivity index (χ2v) is 9.86. The number of likely N-dealkylation sites (N-methyl/N-ethyl adjacent to an activating group) is 1. The molecule has 1 amide bonds. The van der Waals surface area contributed by atoms with Crippen molar-refractivity contribution in [1.29, 1.82) is 0 Å². The predicted molar refractivity (Wildman–Crippen MR) is 116 cm³/mol. The Labute approximate surface area is 178 Å². The van der Waals surface area contributed by atoms with Gasteiger partial charge in [-0.15, -0.1) is 0 Å². The Kier molecular flexibility index (Phi) is 6.69. The zero-order valence-electron chi connectivity index (χ0n) is 16.8. The molecule has 7 nitrogen and oxygen atoms in total. The fraction of sp³-hybridized carbons (Fsp3) is 0.300. The number of hydrogen-bond donors (Lipinski definition) is 0. The highest BCUT2D eigenvalue weighted by Crippen LogP contribution is 2.30. The van der Waals surface area contributed by atoms with Crippen LogP contribution >= 0.6 is 11.3 Å². The standard InChI is InChI=1S/C20H22FN3O4S2/c1-23(2)11-12-24(20-22-19-16(21)5-4-6-17(19)29-20)18(25)13-30(26,27)15-9-7-14(28-3)8-10-15/h4-10H,11-13H2,1-3H3. The van der Waals surface area contributed by atoms with Crippen LogP contribution in [0.4, 0.5) is 9.52 Å². The van der Waals surface area contributed by atoms with E-state index < -0.39 is 27.3 Å². The number of fused-ring (bicyclic) bond motifs is 1. The molecule has 160 valence electrons. The summed E-state index contributed by atoms with van der Waals surface area (Å²) in [5.74, 6) is -1.30. The van der Waals surface area contributed by atoms with Crippen molar-refractivity contribution in [2.45, 2.75) is 4.90 Å². The summed E-state index contributed by atoms with van der Waals surface area (Å²) in [5, 5.41) is 0.270. The van der Waals surface area contributed by atoms with Crippen LogP contribution in [0.3, 0.4) is 0 Å². The van der Waals surface area contributed by atoms with Crippen molar-refractivity contribution in [3.63, 3.8) is 0 Å². The van der Waals surface area contributed by atoms with E-state index in [4.69, 9.17) is 4.74 Å². The molecule has 10 heteroatoms. The van der Waals surface area contributed by atoms with E-state index in [1.54, 1.807) is 12.1 Å². The van der Waals surface area contributed by atoms with Crippen LogP contribution < -0.4 is 9.64 Å². The quantitative estimate of drug-likeness (QED) is 0.524. The Bertz CT molecular complexity index is 1140. The second kappa shape index (κ2) is 9.07. The van der Waals surface area contributed by atoms with Crippen LogP contribution in [0.1, 0.15) is 0 Å². The van der Waals surface area contributed by atoms with Crippen molar-refractivity contribution in [2.75, 3.05) is 44.9 Å². The highest BCUT2D eigenvalue weighted by atomic mass is 32.2. The number of amides is 1. The van der Waals surface area contributed by atoms with Crippen molar-refractivity contribution in [1.82, 2.24) is 9.88 Å². The molecule has 30 heavy (non-hydrogen) atoms. The summed E-state index contributed by atoms with van der Waals surface area (Å²) in [6.45, 7) is 0.720. The maximum atomic E-state index is 14.1. The largest absolute Gasteiger partial charge is 0.497 e. The molecule has 0 bridgehead atoms. The Hall–Kier alpha value is -2.56. The van der Waals surface area contributed by atoms with E-state index in [1.165, 1.54) is 42.3 Å². The van der Waals surface area contributed by atoms with E-state index in [9.17, 15) is 17.6 Å². The average Bonchev–Trinajstić information content (AvgIpc) is 3.13. The lowest BCUT2D eigenvalue weighted by molar-refractivity contribution is -0.116. The third-order valence-electron chi connectivity index (χ3n) is 4.39. The Morgan fingerprint density at radius 1 is 1.13 bits per heavy atom. The van der Waals surface area contributed by atoms with Crippen LogP contribution in [-0.4, -0.2) is 64.3 Å². The van der Waals surface area contributed by atoms with Crippen molar-refractivity contribution in [3.8, 4) is 5.75 Å². The predicted octanol–water partition coefficient (Wildman–Crippen LogP) is 2.81. The number of para-hydroxylation sites is 1. The molecule has 1 heterocycles.